The normalized spacial score (nSPS) is 46.5. The number of esters is 1. The molecule has 1 N–H and O–H groups in total. The van der Waals surface area contributed by atoms with Crippen molar-refractivity contribution in [2.45, 2.75) is 97.7 Å². The van der Waals surface area contributed by atoms with Crippen molar-refractivity contribution < 1.29 is 29.3 Å². The average Bonchev–Trinajstić information content (AvgIpc) is 3.06. The summed E-state index contributed by atoms with van der Waals surface area (Å²) >= 11 is 0. The number of carboxylic acid groups (broad SMARTS) is 1. The maximum absolute atomic E-state index is 13.8. The third-order valence-electron chi connectivity index (χ3n) is 10.4. The smallest absolute Gasteiger partial charge is 0.302 e. The Morgan fingerprint density at radius 2 is 1.91 bits per heavy atom. The Morgan fingerprint density at radius 1 is 1.19 bits per heavy atom. The van der Waals surface area contributed by atoms with Crippen molar-refractivity contribution in [1.29, 1.82) is 0 Å². The number of rotatable bonds is 5. The minimum absolute atomic E-state index is 0.0176. The van der Waals surface area contributed by atoms with E-state index in [1.165, 1.54) is 6.92 Å². The van der Waals surface area contributed by atoms with Gasteiger partial charge in [0.25, 0.3) is 0 Å². The molecule has 0 aromatic heterocycles. The predicted octanol–water partition coefficient (Wildman–Crippen LogP) is 2.89. The van der Waals surface area contributed by atoms with Gasteiger partial charge in [-0.3, -0.25) is 9.59 Å². The minimum Gasteiger partial charge on any atom is -0.550 e. The quantitative estimate of drug-likeness (QED) is 0.650. The summed E-state index contributed by atoms with van der Waals surface area (Å²) in [4.78, 5) is 36.9. The van der Waals surface area contributed by atoms with E-state index >= 15 is 0 Å². The lowest BCUT2D eigenvalue weighted by Gasteiger charge is -2.62. The molecule has 0 unspecified atom stereocenters. The van der Waals surface area contributed by atoms with Gasteiger partial charge < -0.3 is 19.7 Å². The largest absolute Gasteiger partial charge is 0.550 e. The molecule has 0 bridgehead atoms. The van der Waals surface area contributed by atoms with E-state index < -0.39 is 11.4 Å². The zero-order valence-corrected chi connectivity index (χ0v) is 20.0. The Kier molecular flexibility index (Phi) is 6.23. The van der Waals surface area contributed by atoms with E-state index in [1.807, 2.05) is 0 Å². The highest BCUT2D eigenvalue weighted by molar-refractivity contribution is 5.87. The van der Waals surface area contributed by atoms with Gasteiger partial charge in [-0.15, -0.1) is 0 Å². The summed E-state index contributed by atoms with van der Waals surface area (Å²) in [5.74, 6) is 0.00516. The van der Waals surface area contributed by atoms with Gasteiger partial charge in [0.1, 0.15) is 11.9 Å². The van der Waals surface area contributed by atoms with Crippen molar-refractivity contribution in [2.24, 2.45) is 46.3 Å². The molecule has 0 spiro atoms. The molecule has 0 aromatic carbocycles. The van der Waals surface area contributed by atoms with E-state index in [1.54, 1.807) is 0 Å². The third kappa shape index (κ3) is 3.70. The number of ketones is 1. The van der Waals surface area contributed by atoms with Gasteiger partial charge in [0, 0.05) is 30.6 Å². The van der Waals surface area contributed by atoms with E-state index in [4.69, 9.17) is 4.74 Å². The molecule has 0 saturated heterocycles. The number of hydrogen-bond acceptors (Lipinski definition) is 6. The fourth-order valence-electron chi connectivity index (χ4n) is 8.72. The molecule has 4 aliphatic carbocycles. The van der Waals surface area contributed by atoms with Crippen molar-refractivity contribution in [3.05, 3.63) is 0 Å². The molecular formula is C26H39O6-. The molecule has 6 heteroatoms. The SMILES string of the molecule is CC(=O)O[C@@H]1C[C@@H]2C[C@H](O)CC[C@]2(C)[C@H]2CC(=O)[C@]3(C)[C@@H]([C@H](C)CCC(=O)[O-])CC[C@H]3[C@H]12. The predicted molar refractivity (Wildman–Crippen MR) is 116 cm³/mol. The lowest BCUT2D eigenvalue weighted by Crippen LogP contribution is -2.61. The van der Waals surface area contributed by atoms with Crippen molar-refractivity contribution in [3.8, 4) is 0 Å². The minimum atomic E-state index is -1.03. The van der Waals surface area contributed by atoms with Crippen LogP contribution in [0.2, 0.25) is 0 Å². The zero-order chi connectivity index (χ0) is 23.4. The number of carbonyl (C=O) groups is 3. The number of aliphatic carboxylic acids is 1. The van der Waals surface area contributed by atoms with Crippen LogP contribution in [0.1, 0.15) is 85.5 Å². The standard InChI is InChI=1S/C26H40O6/c1-14(5-8-23(30)31)18-6-7-19-24-20(13-22(29)26(18,19)4)25(3)10-9-17(28)11-16(25)12-21(24)32-15(2)27/h14,16-21,24,28H,5-13H2,1-4H3,(H,30,31)/p-1/t14-,16+,17-,18-,19+,20+,21-,24+,25+,26-/m1/s1. The van der Waals surface area contributed by atoms with Crippen LogP contribution in [0.15, 0.2) is 0 Å². The van der Waals surface area contributed by atoms with E-state index in [2.05, 4.69) is 20.8 Å². The van der Waals surface area contributed by atoms with Crippen LogP contribution in [0.3, 0.4) is 0 Å². The summed E-state index contributed by atoms with van der Waals surface area (Å²) in [5.41, 5.74) is -0.515. The lowest BCUT2D eigenvalue weighted by atomic mass is 9.43. The molecule has 0 radical (unpaired) electrons. The van der Waals surface area contributed by atoms with E-state index in [0.29, 0.717) is 18.6 Å². The Hall–Kier alpha value is -1.43. The molecule has 10 atom stereocenters. The monoisotopic (exact) mass is 447 g/mol. The second-order valence-corrected chi connectivity index (χ2v) is 11.8. The Bertz CT molecular complexity index is 778. The van der Waals surface area contributed by atoms with Gasteiger partial charge in [-0.1, -0.05) is 20.8 Å². The van der Waals surface area contributed by atoms with E-state index in [-0.39, 0.29) is 65.5 Å². The lowest BCUT2D eigenvalue weighted by molar-refractivity contribution is -0.306. The summed E-state index contributed by atoms with van der Waals surface area (Å²) < 4.78 is 5.94. The van der Waals surface area contributed by atoms with E-state index in [0.717, 1.165) is 38.5 Å². The number of carboxylic acids is 1. The molecular weight excluding hydrogens is 408 g/mol. The molecule has 0 heterocycles. The number of aliphatic hydroxyl groups is 1. The average molecular weight is 448 g/mol. The van der Waals surface area contributed by atoms with Crippen LogP contribution in [-0.2, 0) is 19.1 Å². The van der Waals surface area contributed by atoms with Crippen LogP contribution >= 0.6 is 0 Å². The summed E-state index contributed by atoms with van der Waals surface area (Å²) in [6, 6.07) is 0. The molecule has 0 aliphatic heterocycles. The van der Waals surface area contributed by atoms with Crippen LogP contribution in [0, 0.1) is 46.3 Å². The van der Waals surface area contributed by atoms with Crippen LogP contribution in [0.5, 0.6) is 0 Å². The molecule has 6 nitrogen and oxygen atoms in total. The number of ether oxygens (including phenoxy) is 1. The fourth-order valence-corrected chi connectivity index (χ4v) is 8.72. The van der Waals surface area contributed by atoms with Gasteiger partial charge in [0.05, 0.1) is 6.10 Å². The molecule has 4 fully saturated rings. The summed E-state index contributed by atoms with van der Waals surface area (Å²) in [6.07, 6.45) is 5.53. The zero-order valence-electron chi connectivity index (χ0n) is 20.0. The van der Waals surface area contributed by atoms with Gasteiger partial charge >= 0.3 is 5.97 Å². The molecule has 4 aliphatic rings. The molecule has 0 amide bonds. The third-order valence-corrected chi connectivity index (χ3v) is 10.4. The van der Waals surface area contributed by atoms with Gasteiger partial charge in [0.2, 0.25) is 0 Å². The number of Topliss-reactive ketones (excluding diaryl/α,β-unsaturated/α-hetero) is 1. The van der Waals surface area contributed by atoms with Crippen LogP contribution in [0.4, 0.5) is 0 Å². The first-order valence-electron chi connectivity index (χ1n) is 12.6. The Labute approximate surface area is 191 Å². The molecule has 0 aromatic rings. The molecule has 180 valence electrons. The molecule has 4 rings (SSSR count). The second-order valence-electron chi connectivity index (χ2n) is 11.8. The number of fused-ring (bicyclic) bond motifs is 5. The summed E-state index contributed by atoms with van der Waals surface area (Å²) in [7, 11) is 0. The van der Waals surface area contributed by atoms with Gasteiger partial charge in [-0.2, -0.15) is 0 Å². The summed E-state index contributed by atoms with van der Waals surface area (Å²) in [6.45, 7) is 7.94. The molecule has 32 heavy (non-hydrogen) atoms. The summed E-state index contributed by atoms with van der Waals surface area (Å²) in [5, 5.41) is 21.4. The van der Waals surface area contributed by atoms with Crippen molar-refractivity contribution in [2.75, 3.05) is 0 Å². The van der Waals surface area contributed by atoms with Gasteiger partial charge in [-0.05, 0) is 86.4 Å². The fraction of sp³-hybridized carbons (Fsp3) is 0.885. The first-order chi connectivity index (χ1) is 15.0. The highest BCUT2D eigenvalue weighted by atomic mass is 16.5. The van der Waals surface area contributed by atoms with Crippen LogP contribution < -0.4 is 5.11 Å². The Morgan fingerprint density at radius 3 is 2.56 bits per heavy atom. The second kappa shape index (κ2) is 8.41. The highest BCUT2D eigenvalue weighted by Gasteiger charge is 2.66. The van der Waals surface area contributed by atoms with Crippen LogP contribution in [0.25, 0.3) is 0 Å². The highest BCUT2D eigenvalue weighted by Crippen LogP contribution is 2.67. The first kappa shape index (κ1) is 23.7. The van der Waals surface area contributed by atoms with Gasteiger partial charge in [0.15, 0.2) is 0 Å². The van der Waals surface area contributed by atoms with Crippen LogP contribution in [-0.4, -0.2) is 35.0 Å². The van der Waals surface area contributed by atoms with Crippen molar-refractivity contribution >= 4 is 17.7 Å². The maximum Gasteiger partial charge on any atom is 0.302 e. The maximum atomic E-state index is 13.8. The Balaban J connectivity index is 1.67. The van der Waals surface area contributed by atoms with Gasteiger partial charge in [-0.25, -0.2) is 0 Å². The number of hydrogen-bond donors (Lipinski definition) is 1. The van der Waals surface area contributed by atoms with E-state index in [9.17, 15) is 24.6 Å². The molecule has 4 saturated carbocycles. The first-order valence-corrected chi connectivity index (χ1v) is 12.6. The van der Waals surface area contributed by atoms with Crippen molar-refractivity contribution in [1.82, 2.24) is 0 Å². The number of aliphatic hydroxyl groups excluding tert-OH is 1. The number of carbonyl (C=O) groups excluding carboxylic acids is 3. The topological polar surface area (TPSA) is 104 Å². The van der Waals surface area contributed by atoms with Crippen molar-refractivity contribution in [3.63, 3.8) is 0 Å².